The second kappa shape index (κ2) is 9.07. The Bertz CT molecular complexity index is 911. The van der Waals surface area contributed by atoms with Gasteiger partial charge >= 0.3 is 12.0 Å². The molecule has 10 heteroatoms. The third-order valence-corrected chi connectivity index (χ3v) is 4.64. The van der Waals surface area contributed by atoms with Crippen molar-refractivity contribution in [2.75, 3.05) is 0 Å². The normalized spacial score (nSPS) is 11.9. The predicted octanol–water partition coefficient (Wildman–Crippen LogP) is 2.92. The standard InChI is InChI=1S/C18H20Cl2N4O4/c1-9(2)14(16(25)22-18(21)27)28-17(26)13-10(3)23-24(15(13)20)8-11-6-4-5-7-12(11)19/h4-7,9,14H,8H2,1-3H3,(H3,21,22,25,27)/t14-/m0/s1. The van der Waals surface area contributed by atoms with E-state index in [4.69, 9.17) is 33.7 Å². The van der Waals surface area contributed by atoms with Gasteiger partial charge in [-0.3, -0.25) is 10.1 Å². The fourth-order valence-corrected chi connectivity index (χ4v) is 3.04. The van der Waals surface area contributed by atoms with Crippen molar-refractivity contribution in [2.45, 2.75) is 33.4 Å². The summed E-state index contributed by atoms with van der Waals surface area (Å²) in [6.45, 7) is 5.17. The number of halogens is 2. The van der Waals surface area contributed by atoms with Gasteiger partial charge in [0.2, 0.25) is 0 Å². The highest BCUT2D eigenvalue weighted by Gasteiger charge is 2.31. The van der Waals surface area contributed by atoms with Crippen LogP contribution in [0.4, 0.5) is 4.79 Å². The van der Waals surface area contributed by atoms with Crippen LogP contribution in [0.1, 0.15) is 35.5 Å². The molecule has 8 nitrogen and oxygen atoms in total. The van der Waals surface area contributed by atoms with Crippen LogP contribution in [0.25, 0.3) is 0 Å². The van der Waals surface area contributed by atoms with Crippen LogP contribution >= 0.6 is 23.2 Å². The van der Waals surface area contributed by atoms with Crippen LogP contribution in [0.5, 0.6) is 0 Å². The van der Waals surface area contributed by atoms with Gasteiger partial charge in [0.1, 0.15) is 10.7 Å². The molecule has 0 unspecified atom stereocenters. The molecule has 28 heavy (non-hydrogen) atoms. The molecule has 2 aromatic rings. The van der Waals surface area contributed by atoms with Gasteiger partial charge in [0.05, 0.1) is 12.2 Å². The van der Waals surface area contributed by atoms with Crippen LogP contribution in [0.3, 0.4) is 0 Å². The number of benzene rings is 1. The number of amides is 3. The van der Waals surface area contributed by atoms with Crippen molar-refractivity contribution >= 4 is 41.1 Å². The minimum absolute atomic E-state index is 0.0336. The van der Waals surface area contributed by atoms with Crippen molar-refractivity contribution in [3.8, 4) is 0 Å². The number of hydrogen-bond acceptors (Lipinski definition) is 5. The van der Waals surface area contributed by atoms with E-state index in [-0.39, 0.29) is 17.3 Å². The van der Waals surface area contributed by atoms with E-state index in [1.807, 2.05) is 17.4 Å². The lowest BCUT2D eigenvalue weighted by molar-refractivity contribution is -0.130. The number of imide groups is 1. The lowest BCUT2D eigenvalue weighted by Gasteiger charge is -2.19. The van der Waals surface area contributed by atoms with Crippen molar-refractivity contribution < 1.29 is 19.1 Å². The van der Waals surface area contributed by atoms with Crippen LogP contribution in [0, 0.1) is 12.8 Å². The zero-order chi connectivity index (χ0) is 21.0. The van der Waals surface area contributed by atoms with E-state index in [9.17, 15) is 14.4 Å². The molecule has 1 heterocycles. The van der Waals surface area contributed by atoms with E-state index < -0.39 is 29.9 Å². The average molecular weight is 427 g/mol. The number of rotatable bonds is 6. The van der Waals surface area contributed by atoms with Crippen molar-refractivity contribution in [2.24, 2.45) is 11.7 Å². The smallest absolute Gasteiger partial charge is 0.344 e. The van der Waals surface area contributed by atoms with Crippen molar-refractivity contribution in [3.63, 3.8) is 0 Å². The van der Waals surface area contributed by atoms with Gasteiger partial charge in [0.15, 0.2) is 6.10 Å². The topological polar surface area (TPSA) is 116 Å². The number of aryl methyl sites for hydroxylation is 1. The number of aromatic nitrogens is 2. The number of nitrogens with one attached hydrogen (secondary N) is 1. The summed E-state index contributed by atoms with van der Waals surface area (Å²) in [5.41, 5.74) is 6.09. The van der Waals surface area contributed by atoms with Crippen LogP contribution in [-0.2, 0) is 16.1 Å². The van der Waals surface area contributed by atoms with Gasteiger partial charge in [-0.05, 0) is 24.5 Å². The second-order valence-electron chi connectivity index (χ2n) is 6.42. The summed E-state index contributed by atoms with van der Waals surface area (Å²) in [5, 5.41) is 6.77. The maximum absolute atomic E-state index is 12.6. The largest absolute Gasteiger partial charge is 0.448 e. The van der Waals surface area contributed by atoms with Crippen molar-refractivity contribution in [3.05, 3.63) is 51.3 Å². The predicted molar refractivity (Wildman–Crippen MR) is 104 cm³/mol. The van der Waals surface area contributed by atoms with E-state index in [1.54, 1.807) is 32.9 Å². The molecule has 0 fully saturated rings. The lowest BCUT2D eigenvalue weighted by Crippen LogP contribution is -2.45. The van der Waals surface area contributed by atoms with Gasteiger partial charge in [0, 0.05) is 5.02 Å². The number of hydrogen-bond donors (Lipinski definition) is 2. The van der Waals surface area contributed by atoms with Crippen molar-refractivity contribution in [1.82, 2.24) is 15.1 Å². The number of esters is 1. The Balaban J connectivity index is 2.26. The molecule has 0 aliphatic carbocycles. The molecular formula is C18H20Cl2N4O4. The Hall–Kier alpha value is -2.58. The van der Waals surface area contributed by atoms with Crippen LogP contribution in [-0.4, -0.2) is 33.8 Å². The fourth-order valence-electron chi connectivity index (χ4n) is 2.54. The monoisotopic (exact) mass is 426 g/mol. The molecule has 1 atom stereocenters. The first-order valence-corrected chi connectivity index (χ1v) is 9.15. The van der Waals surface area contributed by atoms with Gasteiger partial charge in [-0.1, -0.05) is 55.2 Å². The molecule has 0 radical (unpaired) electrons. The summed E-state index contributed by atoms with van der Waals surface area (Å²) in [7, 11) is 0. The minimum atomic E-state index is -1.22. The number of carbonyl (C=O) groups is 3. The second-order valence-corrected chi connectivity index (χ2v) is 7.19. The summed E-state index contributed by atoms with van der Waals surface area (Å²) < 4.78 is 6.71. The molecule has 0 saturated carbocycles. The summed E-state index contributed by atoms with van der Waals surface area (Å²) in [4.78, 5) is 35.6. The molecule has 3 amide bonds. The lowest BCUT2D eigenvalue weighted by atomic mass is 10.1. The maximum Gasteiger partial charge on any atom is 0.344 e. The molecule has 3 N–H and O–H groups in total. The zero-order valence-electron chi connectivity index (χ0n) is 15.5. The number of carbonyl (C=O) groups excluding carboxylic acids is 3. The fraction of sp³-hybridized carbons (Fsp3) is 0.333. The van der Waals surface area contributed by atoms with E-state index in [0.717, 1.165) is 5.56 Å². The van der Waals surface area contributed by atoms with Gasteiger partial charge in [0.25, 0.3) is 5.91 Å². The first-order valence-electron chi connectivity index (χ1n) is 8.39. The Morgan fingerprint density at radius 3 is 2.46 bits per heavy atom. The van der Waals surface area contributed by atoms with E-state index in [1.165, 1.54) is 4.68 Å². The Morgan fingerprint density at radius 2 is 1.89 bits per heavy atom. The quantitative estimate of drug-likeness (QED) is 0.688. The van der Waals surface area contributed by atoms with E-state index >= 15 is 0 Å². The van der Waals surface area contributed by atoms with Gasteiger partial charge in [-0.15, -0.1) is 0 Å². The maximum atomic E-state index is 12.6. The Morgan fingerprint density at radius 1 is 1.25 bits per heavy atom. The highest BCUT2D eigenvalue weighted by Crippen LogP contribution is 2.25. The Labute approximate surface area is 171 Å². The molecule has 2 rings (SSSR count). The molecular weight excluding hydrogens is 407 g/mol. The summed E-state index contributed by atoms with van der Waals surface area (Å²) in [5.74, 6) is -2.04. The molecule has 0 spiro atoms. The van der Waals surface area contributed by atoms with Crippen molar-refractivity contribution in [1.29, 1.82) is 0 Å². The average Bonchev–Trinajstić information content (AvgIpc) is 2.87. The highest BCUT2D eigenvalue weighted by molar-refractivity contribution is 6.33. The molecule has 1 aromatic carbocycles. The highest BCUT2D eigenvalue weighted by atomic mass is 35.5. The summed E-state index contributed by atoms with van der Waals surface area (Å²) >= 11 is 12.5. The van der Waals surface area contributed by atoms with Crippen LogP contribution < -0.4 is 11.1 Å². The first kappa shape index (κ1) is 21.7. The summed E-state index contributed by atoms with van der Waals surface area (Å²) in [6, 6.07) is 6.14. The Kier molecular flexibility index (Phi) is 7.04. The number of primary amides is 1. The molecule has 1 aromatic heterocycles. The number of urea groups is 1. The van der Waals surface area contributed by atoms with Crippen LogP contribution in [0.15, 0.2) is 24.3 Å². The van der Waals surface area contributed by atoms with Gasteiger partial charge in [-0.2, -0.15) is 5.10 Å². The molecule has 0 aliphatic heterocycles. The van der Waals surface area contributed by atoms with Gasteiger partial charge < -0.3 is 10.5 Å². The number of nitrogens with zero attached hydrogens (tertiary/aromatic N) is 2. The molecule has 0 bridgehead atoms. The number of nitrogens with two attached hydrogens (primary N) is 1. The summed E-state index contributed by atoms with van der Waals surface area (Å²) in [6.07, 6.45) is -1.22. The zero-order valence-corrected chi connectivity index (χ0v) is 17.0. The SMILES string of the molecule is Cc1nn(Cc2ccccc2Cl)c(Cl)c1C(=O)O[C@H](C(=O)NC(N)=O)C(C)C. The third-order valence-electron chi connectivity index (χ3n) is 3.89. The molecule has 0 aliphatic rings. The number of ether oxygens (including phenoxy) is 1. The van der Waals surface area contributed by atoms with Crippen LogP contribution in [0.2, 0.25) is 10.2 Å². The molecule has 0 saturated heterocycles. The van der Waals surface area contributed by atoms with Gasteiger partial charge in [-0.25, -0.2) is 14.3 Å². The molecule has 150 valence electrons. The first-order chi connectivity index (χ1) is 13.1. The van der Waals surface area contributed by atoms with E-state index in [0.29, 0.717) is 10.7 Å². The van der Waals surface area contributed by atoms with E-state index in [2.05, 4.69) is 5.10 Å². The minimum Gasteiger partial charge on any atom is -0.448 e. The third kappa shape index (κ3) is 5.02.